The molecule has 2 aromatic carbocycles. The Morgan fingerprint density at radius 1 is 1.12 bits per heavy atom. The van der Waals surface area contributed by atoms with Crippen LogP contribution in [0.4, 0.5) is 0 Å². The third kappa shape index (κ3) is 4.51. The van der Waals surface area contributed by atoms with E-state index in [-0.39, 0.29) is 30.9 Å². The van der Waals surface area contributed by atoms with Crippen molar-refractivity contribution in [3.63, 3.8) is 0 Å². The zero-order valence-electron chi connectivity index (χ0n) is 15.4. The number of amides is 1. The standard InChI is InChI=1S/C22H25NO3/c1-15-10-11-17(12-16(15)2)13-22(25)26-14-21(24)23-20-9-5-7-18-6-3-4-8-19(18)20/h3-4,6,8,10-12,20H,5,7,9,13-14H2,1-2H3,(H,23,24)/t20-/m1/s1. The topological polar surface area (TPSA) is 55.4 Å². The molecule has 1 atom stereocenters. The summed E-state index contributed by atoms with van der Waals surface area (Å²) in [5, 5.41) is 2.99. The summed E-state index contributed by atoms with van der Waals surface area (Å²) >= 11 is 0. The maximum absolute atomic E-state index is 12.2. The van der Waals surface area contributed by atoms with Gasteiger partial charge in [-0.25, -0.2) is 0 Å². The molecule has 3 rings (SSSR count). The zero-order chi connectivity index (χ0) is 18.5. The molecule has 4 nitrogen and oxygen atoms in total. The number of hydrogen-bond donors (Lipinski definition) is 1. The largest absolute Gasteiger partial charge is 0.455 e. The first-order valence-electron chi connectivity index (χ1n) is 9.12. The highest BCUT2D eigenvalue weighted by molar-refractivity contribution is 5.81. The van der Waals surface area contributed by atoms with Crippen molar-refractivity contribution in [2.45, 2.75) is 45.6 Å². The third-order valence-corrected chi connectivity index (χ3v) is 4.99. The molecule has 1 amide bonds. The van der Waals surface area contributed by atoms with Gasteiger partial charge in [0.2, 0.25) is 0 Å². The van der Waals surface area contributed by atoms with Crippen LogP contribution in [0.5, 0.6) is 0 Å². The van der Waals surface area contributed by atoms with Gasteiger partial charge in [0.15, 0.2) is 6.61 Å². The predicted octanol–water partition coefficient (Wildman–Crippen LogP) is 3.58. The van der Waals surface area contributed by atoms with E-state index in [1.165, 1.54) is 16.7 Å². The van der Waals surface area contributed by atoms with Crippen LogP contribution >= 0.6 is 0 Å². The lowest BCUT2D eigenvalue weighted by Crippen LogP contribution is -2.34. The van der Waals surface area contributed by atoms with Crippen LogP contribution in [0, 0.1) is 13.8 Å². The van der Waals surface area contributed by atoms with Crippen LogP contribution in [0.15, 0.2) is 42.5 Å². The minimum Gasteiger partial charge on any atom is -0.455 e. The minimum atomic E-state index is -0.382. The number of ether oxygens (including phenoxy) is 1. The zero-order valence-corrected chi connectivity index (χ0v) is 15.4. The number of fused-ring (bicyclic) bond motifs is 1. The summed E-state index contributed by atoms with van der Waals surface area (Å²) in [6, 6.07) is 14.1. The molecule has 26 heavy (non-hydrogen) atoms. The predicted molar refractivity (Wildman–Crippen MR) is 101 cm³/mol. The Kier molecular flexibility index (Phi) is 5.71. The number of esters is 1. The quantitative estimate of drug-likeness (QED) is 0.838. The molecule has 1 N–H and O–H groups in total. The van der Waals surface area contributed by atoms with Crippen molar-refractivity contribution in [2.75, 3.05) is 6.61 Å². The van der Waals surface area contributed by atoms with E-state index in [9.17, 15) is 9.59 Å². The lowest BCUT2D eigenvalue weighted by atomic mass is 9.88. The van der Waals surface area contributed by atoms with Gasteiger partial charge in [-0.05, 0) is 60.9 Å². The maximum atomic E-state index is 12.2. The van der Waals surface area contributed by atoms with Crippen LogP contribution in [0.25, 0.3) is 0 Å². The molecule has 0 aliphatic heterocycles. The highest BCUT2D eigenvalue weighted by Gasteiger charge is 2.21. The first-order valence-corrected chi connectivity index (χ1v) is 9.12. The molecular weight excluding hydrogens is 326 g/mol. The molecule has 136 valence electrons. The van der Waals surface area contributed by atoms with Crippen LogP contribution in [-0.2, 0) is 27.2 Å². The number of carbonyl (C=O) groups excluding carboxylic acids is 2. The maximum Gasteiger partial charge on any atom is 0.310 e. The number of carbonyl (C=O) groups is 2. The smallest absolute Gasteiger partial charge is 0.310 e. The average molecular weight is 351 g/mol. The number of benzene rings is 2. The molecule has 0 fully saturated rings. The Morgan fingerprint density at radius 3 is 2.73 bits per heavy atom. The van der Waals surface area contributed by atoms with Crippen molar-refractivity contribution in [2.24, 2.45) is 0 Å². The van der Waals surface area contributed by atoms with Crippen LogP contribution in [0.2, 0.25) is 0 Å². The third-order valence-electron chi connectivity index (χ3n) is 4.99. The van der Waals surface area contributed by atoms with Gasteiger partial charge in [-0.1, -0.05) is 42.5 Å². The van der Waals surface area contributed by atoms with Crippen LogP contribution < -0.4 is 5.32 Å². The SMILES string of the molecule is Cc1ccc(CC(=O)OCC(=O)N[C@@H]2CCCc3ccccc32)cc1C. The fraction of sp³-hybridized carbons (Fsp3) is 0.364. The van der Waals surface area contributed by atoms with E-state index in [4.69, 9.17) is 4.74 Å². The second-order valence-electron chi connectivity index (χ2n) is 6.97. The first kappa shape index (κ1) is 18.2. The van der Waals surface area contributed by atoms with Crippen molar-refractivity contribution in [1.29, 1.82) is 0 Å². The molecule has 0 unspecified atom stereocenters. The molecule has 0 aromatic heterocycles. The molecule has 0 saturated carbocycles. The van der Waals surface area contributed by atoms with Gasteiger partial charge in [-0.15, -0.1) is 0 Å². The van der Waals surface area contributed by atoms with Gasteiger partial charge >= 0.3 is 5.97 Å². The molecule has 0 spiro atoms. The number of rotatable bonds is 5. The molecule has 2 aromatic rings. The summed E-state index contributed by atoms with van der Waals surface area (Å²) in [5.74, 6) is -0.632. The molecule has 0 saturated heterocycles. The van der Waals surface area contributed by atoms with E-state index in [1.807, 2.05) is 44.2 Å². The van der Waals surface area contributed by atoms with Crippen LogP contribution in [0.3, 0.4) is 0 Å². The Bertz CT molecular complexity index is 813. The Morgan fingerprint density at radius 2 is 1.92 bits per heavy atom. The Hall–Kier alpha value is -2.62. The Balaban J connectivity index is 1.50. The lowest BCUT2D eigenvalue weighted by molar-refractivity contribution is -0.148. The van der Waals surface area contributed by atoms with Gasteiger partial charge in [-0.2, -0.15) is 0 Å². The van der Waals surface area contributed by atoms with E-state index < -0.39 is 0 Å². The van der Waals surface area contributed by atoms with E-state index in [0.717, 1.165) is 30.4 Å². The van der Waals surface area contributed by atoms with Crippen molar-refractivity contribution < 1.29 is 14.3 Å². The summed E-state index contributed by atoms with van der Waals surface area (Å²) in [5.41, 5.74) is 5.70. The monoisotopic (exact) mass is 351 g/mol. The van der Waals surface area contributed by atoms with Gasteiger partial charge in [-0.3, -0.25) is 9.59 Å². The van der Waals surface area contributed by atoms with Gasteiger partial charge in [0, 0.05) is 0 Å². The summed E-state index contributed by atoms with van der Waals surface area (Å²) in [6.07, 6.45) is 3.20. The number of hydrogen-bond acceptors (Lipinski definition) is 3. The van der Waals surface area contributed by atoms with Crippen molar-refractivity contribution in [1.82, 2.24) is 5.32 Å². The van der Waals surface area contributed by atoms with E-state index >= 15 is 0 Å². The molecule has 4 heteroatoms. The second kappa shape index (κ2) is 8.17. The highest BCUT2D eigenvalue weighted by Crippen LogP contribution is 2.29. The molecule has 0 bridgehead atoms. The highest BCUT2D eigenvalue weighted by atomic mass is 16.5. The second-order valence-corrected chi connectivity index (χ2v) is 6.97. The van der Waals surface area contributed by atoms with E-state index in [1.54, 1.807) is 0 Å². The Labute approximate surface area is 154 Å². The first-order chi connectivity index (χ1) is 12.5. The molecule has 0 radical (unpaired) electrons. The summed E-state index contributed by atoms with van der Waals surface area (Å²) in [6.45, 7) is 3.81. The van der Waals surface area contributed by atoms with Crippen molar-refractivity contribution in [3.8, 4) is 0 Å². The van der Waals surface area contributed by atoms with Gasteiger partial charge in [0.05, 0.1) is 12.5 Å². The summed E-state index contributed by atoms with van der Waals surface area (Å²) < 4.78 is 5.16. The van der Waals surface area contributed by atoms with Crippen LogP contribution in [-0.4, -0.2) is 18.5 Å². The van der Waals surface area contributed by atoms with E-state index in [0.29, 0.717) is 0 Å². The van der Waals surface area contributed by atoms with Crippen molar-refractivity contribution >= 4 is 11.9 Å². The minimum absolute atomic E-state index is 0.00546. The molecular formula is C22H25NO3. The molecule has 1 aliphatic carbocycles. The lowest BCUT2D eigenvalue weighted by Gasteiger charge is -2.26. The summed E-state index contributed by atoms with van der Waals surface area (Å²) in [7, 11) is 0. The summed E-state index contributed by atoms with van der Waals surface area (Å²) in [4.78, 5) is 24.2. The van der Waals surface area contributed by atoms with Gasteiger partial charge < -0.3 is 10.1 Å². The van der Waals surface area contributed by atoms with E-state index in [2.05, 4.69) is 17.4 Å². The fourth-order valence-electron chi connectivity index (χ4n) is 3.42. The normalized spacial score (nSPS) is 15.8. The van der Waals surface area contributed by atoms with Gasteiger partial charge in [0.25, 0.3) is 5.91 Å². The average Bonchev–Trinajstić information content (AvgIpc) is 2.63. The number of aryl methyl sites for hydroxylation is 3. The van der Waals surface area contributed by atoms with Crippen LogP contribution in [0.1, 0.15) is 46.7 Å². The fourth-order valence-corrected chi connectivity index (χ4v) is 3.42. The van der Waals surface area contributed by atoms with Crippen molar-refractivity contribution in [3.05, 3.63) is 70.3 Å². The van der Waals surface area contributed by atoms with Gasteiger partial charge in [0.1, 0.15) is 0 Å². The molecule has 0 heterocycles. The molecule has 1 aliphatic rings. The number of nitrogens with one attached hydrogen (secondary N) is 1.